The lowest BCUT2D eigenvalue weighted by atomic mass is 9.92. The number of nitrogens with zero attached hydrogens (tertiary/aromatic N) is 1. The summed E-state index contributed by atoms with van der Waals surface area (Å²) in [5.41, 5.74) is 1.23. The summed E-state index contributed by atoms with van der Waals surface area (Å²) in [6.45, 7) is 9.37. The molecule has 1 unspecified atom stereocenters. The maximum Gasteiger partial charge on any atom is 0.110 e. The van der Waals surface area contributed by atoms with E-state index in [0.29, 0.717) is 17.9 Å². The van der Waals surface area contributed by atoms with E-state index in [2.05, 4.69) is 31.5 Å². The van der Waals surface area contributed by atoms with Crippen LogP contribution in [0.15, 0.2) is 5.38 Å². The van der Waals surface area contributed by atoms with Crippen LogP contribution in [0.1, 0.15) is 56.3 Å². The maximum absolute atomic E-state index is 5.46. The van der Waals surface area contributed by atoms with E-state index in [1.165, 1.54) is 10.7 Å². The van der Waals surface area contributed by atoms with Gasteiger partial charge < -0.3 is 10.1 Å². The fourth-order valence-electron chi connectivity index (χ4n) is 2.43. The summed E-state index contributed by atoms with van der Waals surface area (Å²) in [6.07, 6.45) is 2.29. The van der Waals surface area contributed by atoms with Gasteiger partial charge in [0.25, 0.3) is 0 Å². The van der Waals surface area contributed by atoms with Crippen molar-refractivity contribution in [3.05, 3.63) is 16.1 Å². The minimum atomic E-state index is 0.413. The van der Waals surface area contributed by atoms with E-state index < -0.39 is 0 Å². The zero-order valence-corrected chi connectivity index (χ0v) is 12.4. The predicted molar refractivity (Wildman–Crippen MR) is 76.2 cm³/mol. The van der Waals surface area contributed by atoms with Gasteiger partial charge >= 0.3 is 0 Å². The van der Waals surface area contributed by atoms with Gasteiger partial charge in [0.1, 0.15) is 5.01 Å². The molecule has 1 aliphatic heterocycles. The average Bonchev–Trinajstić information content (AvgIpc) is 2.86. The van der Waals surface area contributed by atoms with Crippen LogP contribution in [0.25, 0.3) is 0 Å². The molecule has 2 rings (SSSR count). The number of nitrogens with one attached hydrogen (secondary N) is 1. The molecule has 1 fully saturated rings. The summed E-state index contributed by atoms with van der Waals surface area (Å²) >= 11 is 1.81. The second-order valence-corrected chi connectivity index (χ2v) is 6.14. The minimum absolute atomic E-state index is 0.413. The molecule has 0 bridgehead atoms. The molecule has 1 aromatic rings. The van der Waals surface area contributed by atoms with Gasteiger partial charge in [-0.05, 0) is 31.2 Å². The van der Waals surface area contributed by atoms with Crippen LogP contribution in [0.3, 0.4) is 0 Å². The van der Waals surface area contributed by atoms with Gasteiger partial charge in [-0.25, -0.2) is 4.98 Å². The Labute approximate surface area is 114 Å². The molecule has 4 heteroatoms. The summed E-state index contributed by atoms with van der Waals surface area (Å²) in [5, 5.41) is 7.08. The average molecular weight is 268 g/mol. The van der Waals surface area contributed by atoms with E-state index in [4.69, 9.17) is 9.72 Å². The first kappa shape index (κ1) is 14.0. The third kappa shape index (κ3) is 3.31. The summed E-state index contributed by atoms with van der Waals surface area (Å²) < 4.78 is 5.46. The standard InChI is InChI=1S/C14H24N2OS/c1-4-15-13(11-5-7-17-8-6-11)14-16-12(9-18-14)10(2)3/h9-11,13,15H,4-8H2,1-3H3. The molecular weight excluding hydrogens is 244 g/mol. The smallest absolute Gasteiger partial charge is 0.110 e. The van der Waals surface area contributed by atoms with Gasteiger partial charge in [-0.2, -0.15) is 0 Å². The van der Waals surface area contributed by atoms with Crippen LogP contribution in [-0.4, -0.2) is 24.7 Å². The Morgan fingerprint density at radius 1 is 1.44 bits per heavy atom. The van der Waals surface area contributed by atoms with Gasteiger partial charge in [0.05, 0.1) is 11.7 Å². The lowest BCUT2D eigenvalue weighted by Crippen LogP contribution is -2.32. The molecule has 102 valence electrons. The third-order valence-corrected chi connectivity index (χ3v) is 4.50. The van der Waals surface area contributed by atoms with E-state index in [9.17, 15) is 0 Å². The second kappa shape index (κ2) is 6.64. The van der Waals surface area contributed by atoms with Crippen molar-refractivity contribution in [1.29, 1.82) is 0 Å². The number of hydrogen-bond acceptors (Lipinski definition) is 4. The summed E-state index contributed by atoms with van der Waals surface area (Å²) in [7, 11) is 0. The highest BCUT2D eigenvalue weighted by atomic mass is 32.1. The third-order valence-electron chi connectivity index (χ3n) is 3.56. The highest BCUT2D eigenvalue weighted by Gasteiger charge is 2.27. The van der Waals surface area contributed by atoms with Crippen LogP contribution in [0.2, 0.25) is 0 Å². The Hall–Kier alpha value is -0.450. The van der Waals surface area contributed by atoms with E-state index in [1.54, 1.807) is 11.3 Å². The Balaban J connectivity index is 2.11. The molecule has 1 aromatic heterocycles. The zero-order valence-electron chi connectivity index (χ0n) is 11.6. The topological polar surface area (TPSA) is 34.2 Å². The number of thiazole rings is 1. The Bertz CT molecular complexity index is 358. The van der Waals surface area contributed by atoms with E-state index in [1.807, 2.05) is 0 Å². The maximum atomic E-state index is 5.46. The van der Waals surface area contributed by atoms with Crippen molar-refractivity contribution in [3.8, 4) is 0 Å². The molecule has 2 heterocycles. The lowest BCUT2D eigenvalue weighted by molar-refractivity contribution is 0.0538. The second-order valence-electron chi connectivity index (χ2n) is 5.25. The molecule has 1 saturated heterocycles. The fourth-order valence-corrected chi connectivity index (χ4v) is 3.58. The quantitative estimate of drug-likeness (QED) is 0.889. The number of ether oxygens (including phenoxy) is 1. The van der Waals surface area contributed by atoms with E-state index in [-0.39, 0.29) is 0 Å². The molecule has 0 amide bonds. The van der Waals surface area contributed by atoms with Crippen molar-refractivity contribution in [2.75, 3.05) is 19.8 Å². The van der Waals surface area contributed by atoms with Crippen LogP contribution < -0.4 is 5.32 Å². The number of aromatic nitrogens is 1. The van der Waals surface area contributed by atoms with Crippen molar-refractivity contribution in [2.24, 2.45) is 5.92 Å². The monoisotopic (exact) mass is 268 g/mol. The Morgan fingerprint density at radius 3 is 2.72 bits per heavy atom. The highest BCUT2D eigenvalue weighted by molar-refractivity contribution is 7.09. The normalized spacial score (nSPS) is 19.3. The van der Waals surface area contributed by atoms with Crippen molar-refractivity contribution < 1.29 is 4.74 Å². The van der Waals surface area contributed by atoms with Crippen molar-refractivity contribution >= 4 is 11.3 Å². The fraction of sp³-hybridized carbons (Fsp3) is 0.786. The molecule has 0 aliphatic carbocycles. The van der Waals surface area contributed by atoms with Crippen LogP contribution in [0, 0.1) is 5.92 Å². The van der Waals surface area contributed by atoms with Gasteiger partial charge in [-0.15, -0.1) is 11.3 Å². The first-order valence-corrected chi connectivity index (χ1v) is 7.86. The highest BCUT2D eigenvalue weighted by Crippen LogP contribution is 2.32. The first-order chi connectivity index (χ1) is 8.72. The number of rotatable bonds is 5. The predicted octanol–water partition coefficient (Wildman–Crippen LogP) is 3.34. The van der Waals surface area contributed by atoms with E-state index in [0.717, 1.165) is 32.6 Å². The van der Waals surface area contributed by atoms with Crippen LogP contribution in [0.4, 0.5) is 0 Å². The van der Waals surface area contributed by atoms with E-state index >= 15 is 0 Å². The molecule has 1 aliphatic rings. The largest absolute Gasteiger partial charge is 0.381 e. The van der Waals surface area contributed by atoms with Crippen LogP contribution in [-0.2, 0) is 4.74 Å². The van der Waals surface area contributed by atoms with Crippen LogP contribution in [0.5, 0.6) is 0 Å². The molecule has 0 spiro atoms. The lowest BCUT2D eigenvalue weighted by Gasteiger charge is -2.29. The molecule has 18 heavy (non-hydrogen) atoms. The summed E-state index contributed by atoms with van der Waals surface area (Å²) in [5.74, 6) is 1.19. The molecule has 1 atom stereocenters. The molecule has 1 N–H and O–H groups in total. The molecule has 0 saturated carbocycles. The van der Waals surface area contributed by atoms with Gasteiger partial charge in [-0.3, -0.25) is 0 Å². The van der Waals surface area contributed by atoms with Crippen LogP contribution >= 0.6 is 11.3 Å². The Morgan fingerprint density at radius 2 is 2.17 bits per heavy atom. The van der Waals surface area contributed by atoms with Crippen molar-refractivity contribution in [2.45, 2.75) is 45.6 Å². The van der Waals surface area contributed by atoms with Crippen molar-refractivity contribution in [1.82, 2.24) is 10.3 Å². The van der Waals surface area contributed by atoms with Crippen molar-refractivity contribution in [3.63, 3.8) is 0 Å². The molecular formula is C14H24N2OS. The minimum Gasteiger partial charge on any atom is -0.381 e. The zero-order chi connectivity index (χ0) is 13.0. The first-order valence-electron chi connectivity index (χ1n) is 6.98. The van der Waals surface area contributed by atoms with Gasteiger partial charge in [0, 0.05) is 18.6 Å². The van der Waals surface area contributed by atoms with Gasteiger partial charge in [-0.1, -0.05) is 20.8 Å². The molecule has 0 aromatic carbocycles. The SMILES string of the molecule is CCNC(c1nc(C(C)C)cs1)C1CCOCC1. The number of hydrogen-bond donors (Lipinski definition) is 1. The molecule has 3 nitrogen and oxygen atoms in total. The molecule has 0 radical (unpaired) electrons. The summed E-state index contributed by atoms with van der Waals surface area (Å²) in [4.78, 5) is 4.82. The summed E-state index contributed by atoms with van der Waals surface area (Å²) in [6, 6.07) is 0.413. The van der Waals surface area contributed by atoms with Gasteiger partial charge in [0.15, 0.2) is 0 Å². The Kier molecular flexibility index (Phi) is 5.15. The van der Waals surface area contributed by atoms with Gasteiger partial charge in [0.2, 0.25) is 0 Å².